The molecule has 0 aliphatic carbocycles. The van der Waals surface area contributed by atoms with Gasteiger partial charge in [-0.15, -0.1) is 0 Å². The van der Waals surface area contributed by atoms with Crippen LogP contribution in [0.15, 0.2) is 24.3 Å². The minimum Gasteiger partial charge on any atom is -0.497 e. The second-order valence-corrected chi connectivity index (χ2v) is 3.90. The van der Waals surface area contributed by atoms with E-state index in [1.54, 1.807) is 31.4 Å². The van der Waals surface area contributed by atoms with Gasteiger partial charge in [-0.25, -0.2) is 0 Å². The first-order valence-electron chi connectivity index (χ1n) is 6.05. The number of carbonyl (C=O) groups is 1. The number of ether oxygens (including phenoxy) is 2. The molecule has 6 heteroatoms. The zero-order valence-corrected chi connectivity index (χ0v) is 11.0. The maximum absolute atomic E-state index is 11.4. The summed E-state index contributed by atoms with van der Waals surface area (Å²) in [7, 11) is 1.55. The van der Waals surface area contributed by atoms with Crippen LogP contribution in [0.1, 0.15) is 11.7 Å². The largest absolute Gasteiger partial charge is 0.497 e. The van der Waals surface area contributed by atoms with Gasteiger partial charge in [-0.2, -0.15) is 0 Å². The van der Waals surface area contributed by atoms with E-state index in [0.29, 0.717) is 31.0 Å². The van der Waals surface area contributed by atoms with Crippen molar-refractivity contribution in [1.29, 1.82) is 0 Å². The highest BCUT2D eigenvalue weighted by Crippen LogP contribution is 2.21. The van der Waals surface area contributed by atoms with Crippen LogP contribution in [0.2, 0.25) is 0 Å². The maximum Gasteiger partial charge on any atom is 0.251 e. The average Bonchev–Trinajstić information content (AvgIpc) is 2.42. The Bertz CT molecular complexity index is 398. The molecule has 4 N–H and O–H groups in total. The standard InChI is InChI=1S/C13H20N2O4/c1-18-11-4-2-3-10(9-11)12(13(14)17)19-8-6-15-5-7-16/h2-4,9,12,15-16H,5-8H2,1H3,(H2,14,17). The van der Waals surface area contributed by atoms with Gasteiger partial charge in [0.15, 0.2) is 6.10 Å². The van der Waals surface area contributed by atoms with Crippen molar-refractivity contribution < 1.29 is 19.4 Å². The van der Waals surface area contributed by atoms with E-state index in [9.17, 15) is 4.79 Å². The SMILES string of the molecule is COc1cccc(C(OCCNCCO)C(N)=O)c1. The lowest BCUT2D eigenvalue weighted by atomic mass is 10.1. The summed E-state index contributed by atoms with van der Waals surface area (Å²) in [5.41, 5.74) is 6.00. The summed E-state index contributed by atoms with van der Waals surface area (Å²) in [5.74, 6) is 0.0983. The van der Waals surface area contributed by atoms with Crippen molar-refractivity contribution in [2.45, 2.75) is 6.10 Å². The highest BCUT2D eigenvalue weighted by atomic mass is 16.5. The predicted octanol–water partition coefficient (Wildman–Crippen LogP) is -0.180. The van der Waals surface area contributed by atoms with E-state index >= 15 is 0 Å². The van der Waals surface area contributed by atoms with E-state index in [2.05, 4.69) is 5.32 Å². The van der Waals surface area contributed by atoms with Crippen LogP contribution < -0.4 is 15.8 Å². The Balaban J connectivity index is 2.58. The van der Waals surface area contributed by atoms with Gasteiger partial charge in [-0.1, -0.05) is 12.1 Å². The number of rotatable bonds is 9. The second-order valence-electron chi connectivity index (χ2n) is 3.90. The van der Waals surface area contributed by atoms with Gasteiger partial charge in [0, 0.05) is 13.1 Å². The molecule has 1 aromatic rings. The molecule has 1 amide bonds. The molecule has 0 heterocycles. The lowest BCUT2D eigenvalue weighted by Crippen LogP contribution is -2.28. The molecule has 0 aliphatic heterocycles. The first-order chi connectivity index (χ1) is 9.19. The molecular formula is C13H20N2O4. The van der Waals surface area contributed by atoms with Gasteiger partial charge < -0.3 is 25.6 Å². The Morgan fingerprint density at radius 1 is 1.47 bits per heavy atom. The molecule has 0 saturated carbocycles. The lowest BCUT2D eigenvalue weighted by molar-refractivity contribution is -0.129. The number of benzene rings is 1. The molecule has 0 spiro atoms. The first-order valence-corrected chi connectivity index (χ1v) is 6.05. The van der Waals surface area contributed by atoms with Crippen LogP contribution in [-0.4, -0.2) is 44.4 Å². The van der Waals surface area contributed by atoms with E-state index in [-0.39, 0.29) is 6.61 Å². The van der Waals surface area contributed by atoms with Crippen molar-refractivity contribution >= 4 is 5.91 Å². The number of primary amides is 1. The van der Waals surface area contributed by atoms with Crippen molar-refractivity contribution in [2.75, 3.05) is 33.4 Å². The number of amides is 1. The maximum atomic E-state index is 11.4. The van der Waals surface area contributed by atoms with Crippen molar-refractivity contribution in [3.8, 4) is 5.75 Å². The lowest BCUT2D eigenvalue weighted by Gasteiger charge is -2.16. The number of aliphatic hydroxyl groups excluding tert-OH is 1. The zero-order chi connectivity index (χ0) is 14.1. The van der Waals surface area contributed by atoms with Crippen molar-refractivity contribution in [3.63, 3.8) is 0 Å². The van der Waals surface area contributed by atoms with Gasteiger partial charge in [0.05, 0.1) is 20.3 Å². The van der Waals surface area contributed by atoms with Crippen LogP contribution in [0.25, 0.3) is 0 Å². The zero-order valence-electron chi connectivity index (χ0n) is 11.0. The van der Waals surface area contributed by atoms with E-state index in [0.717, 1.165) is 0 Å². The fraction of sp³-hybridized carbons (Fsp3) is 0.462. The fourth-order valence-electron chi connectivity index (χ4n) is 1.60. The Morgan fingerprint density at radius 2 is 2.26 bits per heavy atom. The summed E-state index contributed by atoms with van der Waals surface area (Å²) in [5, 5.41) is 11.6. The van der Waals surface area contributed by atoms with E-state index in [4.69, 9.17) is 20.3 Å². The molecule has 0 aliphatic rings. The quantitative estimate of drug-likeness (QED) is 0.540. The van der Waals surface area contributed by atoms with Crippen LogP contribution in [0.3, 0.4) is 0 Å². The third-order valence-corrected chi connectivity index (χ3v) is 2.51. The summed E-state index contributed by atoms with van der Waals surface area (Å²) < 4.78 is 10.6. The van der Waals surface area contributed by atoms with Gasteiger partial charge in [0.25, 0.3) is 5.91 Å². The molecule has 106 valence electrons. The van der Waals surface area contributed by atoms with Crippen LogP contribution in [0.5, 0.6) is 5.75 Å². The average molecular weight is 268 g/mol. The number of hydrogen-bond acceptors (Lipinski definition) is 5. The summed E-state index contributed by atoms with van der Waals surface area (Å²) >= 11 is 0. The molecular weight excluding hydrogens is 248 g/mol. The molecule has 19 heavy (non-hydrogen) atoms. The van der Waals surface area contributed by atoms with Crippen LogP contribution in [-0.2, 0) is 9.53 Å². The van der Waals surface area contributed by atoms with Crippen LogP contribution in [0.4, 0.5) is 0 Å². The highest BCUT2D eigenvalue weighted by molar-refractivity contribution is 5.80. The number of hydrogen-bond donors (Lipinski definition) is 3. The van der Waals surface area contributed by atoms with Crippen molar-refractivity contribution in [2.24, 2.45) is 5.73 Å². The summed E-state index contributed by atoms with van der Waals surface area (Å²) in [4.78, 5) is 11.4. The van der Waals surface area contributed by atoms with Gasteiger partial charge in [0.1, 0.15) is 5.75 Å². The number of nitrogens with one attached hydrogen (secondary N) is 1. The Morgan fingerprint density at radius 3 is 2.89 bits per heavy atom. The summed E-state index contributed by atoms with van der Waals surface area (Å²) in [6.07, 6.45) is -0.800. The van der Waals surface area contributed by atoms with Crippen LogP contribution in [0, 0.1) is 0 Å². The van der Waals surface area contributed by atoms with Crippen molar-refractivity contribution in [1.82, 2.24) is 5.32 Å². The molecule has 1 atom stereocenters. The normalized spacial score (nSPS) is 12.1. The highest BCUT2D eigenvalue weighted by Gasteiger charge is 2.18. The third kappa shape index (κ3) is 5.25. The number of nitrogens with two attached hydrogens (primary N) is 1. The number of aliphatic hydroxyl groups is 1. The van der Waals surface area contributed by atoms with E-state index < -0.39 is 12.0 Å². The van der Waals surface area contributed by atoms with Crippen molar-refractivity contribution in [3.05, 3.63) is 29.8 Å². The predicted molar refractivity (Wildman–Crippen MR) is 70.8 cm³/mol. The first kappa shape index (κ1) is 15.4. The Labute approximate surface area is 112 Å². The Kier molecular flexibility index (Phi) is 6.88. The van der Waals surface area contributed by atoms with Crippen LogP contribution >= 0.6 is 0 Å². The summed E-state index contributed by atoms with van der Waals surface area (Å²) in [6.45, 7) is 1.41. The minimum atomic E-state index is -0.800. The molecule has 0 bridgehead atoms. The molecule has 6 nitrogen and oxygen atoms in total. The molecule has 1 unspecified atom stereocenters. The summed E-state index contributed by atoms with van der Waals surface area (Å²) in [6, 6.07) is 7.04. The fourth-order valence-corrected chi connectivity index (χ4v) is 1.60. The molecule has 0 fully saturated rings. The van der Waals surface area contributed by atoms with Gasteiger partial charge >= 0.3 is 0 Å². The number of carbonyl (C=O) groups excluding carboxylic acids is 1. The molecule has 1 aromatic carbocycles. The monoisotopic (exact) mass is 268 g/mol. The van der Waals surface area contributed by atoms with Gasteiger partial charge in [-0.3, -0.25) is 4.79 Å². The van der Waals surface area contributed by atoms with Gasteiger partial charge in [-0.05, 0) is 17.7 Å². The second kappa shape index (κ2) is 8.47. The molecule has 1 rings (SSSR count). The smallest absolute Gasteiger partial charge is 0.251 e. The molecule has 0 saturated heterocycles. The Hall–Kier alpha value is -1.63. The minimum absolute atomic E-state index is 0.0646. The molecule has 0 radical (unpaired) electrons. The van der Waals surface area contributed by atoms with Gasteiger partial charge in [0.2, 0.25) is 0 Å². The van der Waals surface area contributed by atoms with E-state index in [1.165, 1.54) is 0 Å². The number of methoxy groups -OCH3 is 1. The van der Waals surface area contributed by atoms with E-state index in [1.807, 2.05) is 0 Å². The topological polar surface area (TPSA) is 93.8 Å². The third-order valence-electron chi connectivity index (χ3n) is 2.51. The molecule has 0 aromatic heterocycles.